The Morgan fingerprint density at radius 1 is 1.12 bits per heavy atom. The topological polar surface area (TPSA) is 59.8 Å². The van der Waals surface area contributed by atoms with Crippen LogP contribution in [0.3, 0.4) is 0 Å². The van der Waals surface area contributed by atoms with E-state index in [1.807, 2.05) is 60.9 Å². The number of pyridine rings is 1. The van der Waals surface area contributed by atoms with Crippen LogP contribution in [0, 0.1) is 5.92 Å². The average molecular weight is 348 g/mol. The molecule has 1 N–H and O–H groups in total. The third kappa shape index (κ3) is 5.02. The molecule has 0 aliphatic rings. The van der Waals surface area contributed by atoms with Crippen LogP contribution < -0.4 is 5.32 Å². The monoisotopic (exact) mass is 348 g/mol. The van der Waals surface area contributed by atoms with Gasteiger partial charge in [0, 0.05) is 12.4 Å². The molecular formula is C21H24N4O. The maximum Gasteiger partial charge on any atom is 0.231 e. The summed E-state index contributed by atoms with van der Waals surface area (Å²) in [5.74, 6) is 1.13. The fraction of sp³-hybridized carbons (Fsp3) is 0.286. The number of amides is 1. The quantitative estimate of drug-likeness (QED) is 0.701. The van der Waals surface area contributed by atoms with Crippen LogP contribution in [0.4, 0.5) is 5.82 Å². The van der Waals surface area contributed by atoms with Crippen molar-refractivity contribution in [1.82, 2.24) is 14.8 Å². The molecule has 5 nitrogen and oxygen atoms in total. The first-order valence-electron chi connectivity index (χ1n) is 8.95. The van der Waals surface area contributed by atoms with Gasteiger partial charge in [-0.15, -0.1) is 0 Å². The zero-order valence-electron chi connectivity index (χ0n) is 15.2. The summed E-state index contributed by atoms with van der Waals surface area (Å²) in [4.78, 5) is 16.6. The molecule has 0 radical (unpaired) electrons. The van der Waals surface area contributed by atoms with Crippen LogP contribution in [0.15, 0.2) is 60.9 Å². The van der Waals surface area contributed by atoms with Crippen molar-refractivity contribution < 1.29 is 4.79 Å². The van der Waals surface area contributed by atoms with Gasteiger partial charge in [-0.3, -0.25) is 4.79 Å². The van der Waals surface area contributed by atoms with E-state index in [2.05, 4.69) is 29.2 Å². The number of rotatable bonds is 7. The second-order valence-electron chi connectivity index (χ2n) is 6.80. The van der Waals surface area contributed by atoms with Crippen molar-refractivity contribution >= 4 is 11.7 Å². The van der Waals surface area contributed by atoms with Gasteiger partial charge in [0.25, 0.3) is 0 Å². The summed E-state index contributed by atoms with van der Waals surface area (Å²) in [6, 6.07) is 15.6. The van der Waals surface area contributed by atoms with Crippen LogP contribution in [-0.2, 0) is 17.6 Å². The molecule has 26 heavy (non-hydrogen) atoms. The van der Waals surface area contributed by atoms with Crippen LogP contribution in [0.5, 0.6) is 0 Å². The number of aromatic nitrogens is 3. The lowest BCUT2D eigenvalue weighted by molar-refractivity contribution is -0.115. The zero-order chi connectivity index (χ0) is 18.4. The molecule has 0 bridgehead atoms. The Bertz CT molecular complexity index is 838. The fourth-order valence-corrected chi connectivity index (χ4v) is 2.63. The lowest BCUT2D eigenvalue weighted by Crippen LogP contribution is -2.15. The molecule has 0 aliphatic carbocycles. The Labute approximate surface area is 154 Å². The van der Waals surface area contributed by atoms with Crippen LogP contribution in [0.2, 0.25) is 0 Å². The van der Waals surface area contributed by atoms with Gasteiger partial charge in [0.1, 0.15) is 5.82 Å². The molecule has 134 valence electrons. The highest BCUT2D eigenvalue weighted by Gasteiger charge is 2.08. The van der Waals surface area contributed by atoms with Crippen molar-refractivity contribution in [2.75, 3.05) is 5.32 Å². The standard InChI is InChI=1S/C21H24N4O/c1-16(2)8-9-17-10-11-20(22-15-17)23-21(26)14-18-12-13-25(24-18)19-6-4-3-5-7-19/h3-7,10-13,15-16H,8-9,14H2,1-2H3,(H,22,23,26). The maximum atomic E-state index is 12.2. The molecule has 0 fully saturated rings. The largest absolute Gasteiger partial charge is 0.310 e. The Kier molecular flexibility index (Phi) is 5.79. The minimum atomic E-state index is -0.120. The first-order valence-corrected chi connectivity index (χ1v) is 8.95. The summed E-state index contributed by atoms with van der Waals surface area (Å²) in [7, 11) is 0. The van der Waals surface area contributed by atoms with E-state index in [1.54, 1.807) is 4.68 Å². The van der Waals surface area contributed by atoms with E-state index < -0.39 is 0 Å². The average Bonchev–Trinajstić information content (AvgIpc) is 3.10. The molecular weight excluding hydrogens is 324 g/mol. The van der Waals surface area contributed by atoms with E-state index >= 15 is 0 Å². The second-order valence-corrected chi connectivity index (χ2v) is 6.80. The number of nitrogens with zero attached hydrogens (tertiary/aromatic N) is 3. The van der Waals surface area contributed by atoms with Crippen molar-refractivity contribution in [3.05, 3.63) is 72.2 Å². The smallest absolute Gasteiger partial charge is 0.231 e. The SMILES string of the molecule is CC(C)CCc1ccc(NC(=O)Cc2ccn(-c3ccccc3)n2)nc1. The lowest BCUT2D eigenvalue weighted by Gasteiger charge is -2.06. The Hall–Kier alpha value is -2.95. The normalized spacial score (nSPS) is 10.9. The number of benzene rings is 1. The maximum absolute atomic E-state index is 12.2. The van der Waals surface area contributed by atoms with Crippen molar-refractivity contribution in [3.8, 4) is 5.69 Å². The Morgan fingerprint density at radius 2 is 1.92 bits per heavy atom. The molecule has 0 spiro atoms. The number of nitrogens with one attached hydrogen (secondary N) is 1. The molecule has 0 aliphatic heterocycles. The number of carbonyl (C=O) groups excluding carboxylic acids is 1. The minimum absolute atomic E-state index is 0.120. The molecule has 2 aromatic heterocycles. The van der Waals surface area contributed by atoms with Gasteiger partial charge < -0.3 is 5.32 Å². The second kappa shape index (κ2) is 8.43. The molecule has 1 amide bonds. The fourth-order valence-electron chi connectivity index (χ4n) is 2.63. The summed E-state index contributed by atoms with van der Waals surface area (Å²) >= 11 is 0. The number of carbonyl (C=O) groups is 1. The van der Waals surface area contributed by atoms with Gasteiger partial charge in [-0.25, -0.2) is 9.67 Å². The molecule has 0 saturated heterocycles. The molecule has 1 aromatic carbocycles. The molecule has 3 rings (SSSR count). The Morgan fingerprint density at radius 3 is 2.62 bits per heavy atom. The van der Waals surface area contributed by atoms with Crippen LogP contribution in [0.1, 0.15) is 31.5 Å². The predicted octanol–water partition coefficient (Wildman–Crippen LogP) is 4.04. The summed E-state index contributed by atoms with van der Waals surface area (Å²) < 4.78 is 1.77. The number of para-hydroxylation sites is 1. The molecule has 5 heteroatoms. The highest BCUT2D eigenvalue weighted by atomic mass is 16.1. The number of anilines is 1. The van der Waals surface area contributed by atoms with Crippen molar-refractivity contribution in [1.29, 1.82) is 0 Å². The summed E-state index contributed by atoms with van der Waals surface area (Å²) in [6.07, 6.45) is 6.06. The van der Waals surface area contributed by atoms with E-state index in [0.717, 1.165) is 24.2 Å². The van der Waals surface area contributed by atoms with E-state index in [1.165, 1.54) is 5.56 Å². The van der Waals surface area contributed by atoms with Crippen molar-refractivity contribution in [3.63, 3.8) is 0 Å². The highest BCUT2D eigenvalue weighted by Crippen LogP contribution is 2.11. The molecule has 0 saturated carbocycles. The molecule has 2 heterocycles. The predicted molar refractivity (Wildman–Crippen MR) is 103 cm³/mol. The van der Waals surface area contributed by atoms with Gasteiger partial charge in [-0.2, -0.15) is 5.10 Å². The van der Waals surface area contributed by atoms with Crippen LogP contribution in [-0.4, -0.2) is 20.7 Å². The summed E-state index contributed by atoms with van der Waals surface area (Å²) in [5, 5.41) is 7.28. The lowest BCUT2D eigenvalue weighted by atomic mass is 10.0. The third-order valence-corrected chi connectivity index (χ3v) is 4.11. The van der Waals surface area contributed by atoms with Gasteiger partial charge in [0.05, 0.1) is 17.8 Å². The third-order valence-electron chi connectivity index (χ3n) is 4.11. The number of hydrogen-bond acceptors (Lipinski definition) is 3. The van der Waals surface area contributed by atoms with Crippen molar-refractivity contribution in [2.24, 2.45) is 5.92 Å². The van der Waals surface area contributed by atoms with Gasteiger partial charge in [0.2, 0.25) is 5.91 Å². The minimum Gasteiger partial charge on any atom is -0.310 e. The van der Waals surface area contributed by atoms with Gasteiger partial charge >= 0.3 is 0 Å². The van der Waals surface area contributed by atoms with E-state index in [4.69, 9.17) is 0 Å². The highest BCUT2D eigenvalue weighted by molar-refractivity contribution is 5.91. The van der Waals surface area contributed by atoms with Gasteiger partial charge in [0.15, 0.2) is 0 Å². The summed E-state index contributed by atoms with van der Waals surface area (Å²) in [5.41, 5.74) is 2.89. The van der Waals surface area contributed by atoms with Crippen molar-refractivity contribution in [2.45, 2.75) is 33.1 Å². The first kappa shape index (κ1) is 17.9. The van der Waals surface area contributed by atoms with E-state index in [0.29, 0.717) is 11.7 Å². The van der Waals surface area contributed by atoms with Gasteiger partial charge in [-0.05, 0) is 48.6 Å². The molecule has 0 unspecified atom stereocenters. The van der Waals surface area contributed by atoms with Crippen LogP contribution >= 0.6 is 0 Å². The molecule has 0 atom stereocenters. The van der Waals surface area contributed by atoms with E-state index in [9.17, 15) is 4.79 Å². The Balaban J connectivity index is 1.55. The first-order chi connectivity index (χ1) is 12.6. The van der Waals surface area contributed by atoms with Crippen LogP contribution in [0.25, 0.3) is 5.69 Å². The van der Waals surface area contributed by atoms with Gasteiger partial charge in [-0.1, -0.05) is 38.1 Å². The number of hydrogen-bond donors (Lipinski definition) is 1. The summed E-state index contributed by atoms with van der Waals surface area (Å²) in [6.45, 7) is 4.42. The number of aryl methyl sites for hydroxylation is 1. The van der Waals surface area contributed by atoms with E-state index in [-0.39, 0.29) is 12.3 Å². The molecule has 3 aromatic rings. The zero-order valence-corrected chi connectivity index (χ0v) is 15.2.